The van der Waals surface area contributed by atoms with Gasteiger partial charge in [0.2, 0.25) is 5.91 Å². The number of fused-ring (bicyclic) bond motifs is 2. The van der Waals surface area contributed by atoms with Crippen molar-refractivity contribution in [2.75, 3.05) is 30.4 Å². The maximum atomic E-state index is 12.2. The lowest BCUT2D eigenvalue weighted by Crippen LogP contribution is -2.18. The number of amides is 1. The predicted molar refractivity (Wildman–Crippen MR) is 101 cm³/mol. The number of aromatic nitrogens is 1. The highest BCUT2D eigenvalue weighted by atomic mass is 16.6. The van der Waals surface area contributed by atoms with Crippen LogP contribution in [0.15, 0.2) is 54.7 Å². The molecule has 2 aromatic carbocycles. The summed E-state index contributed by atoms with van der Waals surface area (Å²) in [6.07, 6.45) is 2.11. The summed E-state index contributed by atoms with van der Waals surface area (Å²) in [5.41, 5.74) is 2.53. The van der Waals surface area contributed by atoms with E-state index in [-0.39, 0.29) is 5.91 Å². The molecule has 0 bridgehead atoms. The van der Waals surface area contributed by atoms with E-state index < -0.39 is 0 Å². The molecule has 0 radical (unpaired) electrons. The van der Waals surface area contributed by atoms with Crippen molar-refractivity contribution >= 4 is 28.2 Å². The molecule has 0 aliphatic carbocycles. The van der Waals surface area contributed by atoms with Crippen molar-refractivity contribution in [2.45, 2.75) is 6.42 Å². The number of rotatable bonds is 5. The van der Waals surface area contributed by atoms with Crippen molar-refractivity contribution in [1.82, 2.24) is 4.98 Å². The van der Waals surface area contributed by atoms with E-state index in [4.69, 9.17) is 9.47 Å². The molecule has 2 N–H and O–H groups in total. The summed E-state index contributed by atoms with van der Waals surface area (Å²) >= 11 is 0. The Kier molecular flexibility index (Phi) is 4.55. The summed E-state index contributed by atoms with van der Waals surface area (Å²) in [4.78, 5) is 16.6. The Morgan fingerprint density at radius 1 is 1.04 bits per heavy atom. The van der Waals surface area contributed by atoms with E-state index in [1.807, 2.05) is 42.5 Å². The molecule has 0 unspecified atom stereocenters. The van der Waals surface area contributed by atoms with Crippen LogP contribution >= 0.6 is 0 Å². The molecule has 1 aliphatic heterocycles. The van der Waals surface area contributed by atoms with Gasteiger partial charge in [0.25, 0.3) is 0 Å². The minimum atomic E-state index is -0.0672. The third-order valence-corrected chi connectivity index (χ3v) is 4.13. The van der Waals surface area contributed by atoms with Crippen molar-refractivity contribution < 1.29 is 14.3 Å². The van der Waals surface area contributed by atoms with E-state index in [1.165, 1.54) is 0 Å². The van der Waals surface area contributed by atoms with E-state index in [2.05, 4.69) is 15.6 Å². The Balaban J connectivity index is 1.34. The molecule has 3 aromatic rings. The smallest absolute Gasteiger partial charge is 0.226 e. The number of hydrogen-bond acceptors (Lipinski definition) is 5. The molecule has 0 saturated heterocycles. The van der Waals surface area contributed by atoms with E-state index in [1.54, 1.807) is 12.3 Å². The van der Waals surface area contributed by atoms with Gasteiger partial charge in [-0.25, -0.2) is 0 Å². The standard InChI is InChI=1S/C20H19N3O3/c24-19(23-15-6-7-17-18(13-15)26-12-11-25-17)8-10-21-16-5-1-3-14-4-2-9-22-20(14)16/h1-7,9,13,21H,8,10-12H2,(H,23,24). The largest absolute Gasteiger partial charge is 0.486 e. The van der Waals surface area contributed by atoms with Gasteiger partial charge in [0.15, 0.2) is 11.5 Å². The maximum absolute atomic E-state index is 12.2. The number of carbonyl (C=O) groups excluding carboxylic acids is 1. The number of anilines is 2. The molecule has 1 aromatic heterocycles. The summed E-state index contributed by atoms with van der Waals surface area (Å²) in [6.45, 7) is 1.59. The third kappa shape index (κ3) is 3.54. The lowest BCUT2D eigenvalue weighted by atomic mass is 10.2. The summed E-state index contributed by atoms with van der Waals surface area (Å²) in [5.74, 6) is 1.30. The molecule has 26 heavy (non-hydrogen) atoms. The van der Waals surface area contributed by atoms with Crippen molar-refractivity contribution in [3.63, 3.8) is 0 Å². The number of pyridine rings is 1. The first-order valence-electron chi connectivity index (χ1n) is 8.57. The number of benzene rings is 2. The predicted octanol–water partition coefficient (Wildman–Crippen LogP) is 3.45. The summed E-state index contributed by atoms with van der Waals surface area (Å²) < 4.78 is 11.0. The molecular weight excluding hydrogens is 330 g/mol. The van der Waals surface area contributed by atoms with Crippen LogP contribution in [0.5, 0.6) is 11.5 Å². The second-order valence-corrected chi connectivity index (χ2v) is 5.96. The number of nitrogens with one attached hydrogen (secondary N) is 2. The first kappa shape index (κ1) is 16.2. The Labute approximate surface area is 151 Å². The van der Waals surface area contributed by atoms with Crippen LogP contribution in [0.2, 0.25) is 0 Å². The van der Waals surface area contributed by atoms with Crippen molar-refractivity contribution in [3.8, 4) is 11.5 Å². The lowest BCUT2D eigenvalue weighted by Gasteiger charge is -2.19. The average molecular weight is 349 g/mol. The Morgan fingerprint density at radius 3 is 2.81 bits per heavy atom. The van der Waals surface area contributed by atoms with E-state index in [0.29, 0.717) is 43.4 Å². The second kappa shape index (κ2) is 7.31. The van der Waals surface area contributed by atoms with Gasteiger partial charge in [0.1, 0.15) is 13.2 Å². The Hall–Kier alpha value is -3.28. The van der Waals surface area contributed by atoms with Gasteiger partial charge in [-0.05, 0) is 24.3 Å². The van der Waals surface area contributed by atoms with Crippen molar-refractivity contribution in [2.24, 2.45) is 0 Å². The molecule has 6 nitrogen and oxygen atoms in total. The molecule has 6 heteroatoms. The minimum absolute atomic E-state index is 0.0672. The second-order valence-electron chi connectivity index (χ2n) is 5.96. The average Bonchev–Trinajstić information content (AvgIpc) is 2.68. The maximum Gasteiger partial charge on any atom is 0.226 e. The summed E-state index contributed by atoms with van der Waals surface area (Å²) in [5, 5.41) is 7.24. The number of para-hydroxylation sites is 1. The van der Waals surface area contributed by atoms with Crippen LogP contribution in [0, 0.1) is 0 Å². The molecule has 2 heterocycles. The van der Waals surface area contributed by atoms with Gasteiger partial charge in [-0.1, -0.05) is 18.2 Å². The third-order valence-electron chi connectivity index (χ3n) is 4.13. The zero-order chi connectivity index (χ0) is 17.8. The molecule has 4 rings (SSSR count). The fourth-order valence-corrected chi connectivity index (χ4v) is 2.90. The van der Waals surface area contributed by atoms with Crippen LogP contribution in [0.1, 0.15) is 6.42 Å². The molecule has 0 fully saturated rings. The van der Waals surface area contributed by atoms with Crippen LogP contribution in [-0.2, 0) is 4.79 Å². The number of ether oxygens (including phenoxy) is 2. The van der Waals surface area contributed by atoms with Gasteiger partial charge < -0.3 is 20.1 Å². The fraction of sp³-hybridized carbons (Fsp3) is 0.200. The molecular formula is C20H19N3O3. The van der Waals surface area contributed by atoms with Crippen molar-refractivity contribution in [1.29, 1.82) is 0 Å². The highest BCUT2D eigenvalue weighted by Gasteiger charge is 2.12. The quantitative estimate of drug-likeness (QED) is 0.738. The Morgan fingerprint density at radius 2 is 1.88 bits per heavy atom. The number of nitrogens with zero attached hydrogens (tertiary/aromatic N) is 1. The van der Waals surface area contributed by atoms with E-state index >= 15 is 0 Å². The first-order chi connectivity index (χ1) is 12.8. The molecule has 1 aliphatic rings. The normalized spacial score (nSPS) is 12.6. The van der Waals surface area contributed by atoms with E-state index in [9.17, 15) is 4.79 Å². The van der Waals surface area contributed by atoms with Gasteiger partial charge in [0, 0.05) is 36.3 Å². The van der Waals surface area contributed by atoms with Gasteiger partial charge >= 0.3 is 0 Å². The number of carbonyl (C=O) groups is 1. The van der Waals surface area contributed by atoms with Crippen LogP contribution < -0.4 is 20.1 Å². The van der Waals surface area contributed by atoms with E-state index in [0.717, 1.165) is 16.6 Å². The minimum Gasteiger partial charge on any atom is -0.486 e. The van der Waals surface area contributed by atoms with Gasteiger partial charge in [-0.2, -0.15) is 0 Å². The monoisotopic (exact) mass is 349 g/mol. The zero-order valence-corrected chi connectivity index (χ0v) is 14.2. The summed E-state index contributed by atoms with van der Waals surface area (Å²) in [7, 11) is 0. The topological polar surface area (TPSA) is 72.5 Å². The van der Waals surface area contributed by atoms with Crippen LogP contribution in [0.4, 0.5) is 11.4 Å². The van der Waals surface area contributed by atoms with Crippen LogP contribution in [0.25, 0.3) is 10.9 Å². The van der Waals surface area contributed by atoms with Crippen molar-refractivity contribution in [3.05, 3.63) is 54.7 Å². The molecule has 132 valence electrons. The first-order valence-corrected chi connectivity index (χ1v) is 8.57. The van der Waals surface area contributed by atoms with Crippen LogP contribution in [-0.4, -0.2) is 30.6 Å². The highest BCUT2D eigenvalue weighted by Crippen LogP contribution is 2.32. The summed E-state index contributed by atoms with van der Waals surface area (Å²) in [6, 6.07) is 15.3. The molecule has 0 saturated carbocycles. The van der Waals surface area contributed by atoms with Crippen LogP contribution in [0.3, 0.4) is 0 Å². The fourth-order valence-electron chi connectivity index (χ4n) is 2.90. The molecule has 0 atom stereocenters. The Bertz CT molecular complexity index is 937. The highest BCUT2D eigenvalue weighted by molar-refractivity contribution is 5.92. The molecule has 1 amide bonds. The molecule has 0 spiro atoms. The number of hydrogen-bond donors (Lipinski definition) is 2. The van der Waals surface area contributed by atoms with Gasteiger partial charge in [-0.15, -0.1) is 0 Å². The van der Waals surface area contributed by atoms with Gasteiger partial charge in [-0.3, -0.25) is 9.78 Å². The SMILES string of the molecule is O=C(CCNc1cccc2cccnc12)Nc1ccc2c(c1)OCCO2. The lowest BCUT2D eigenvalue weighted by molar-refractivity contribution is -0.115. The zero-order valence-electron chi connectivity index (χ0n) is 14.2. The van der Waals surface area contributed by atoms with Gasteiger partial charge in [0.05, 0.1) is 11.2 Å².